The predicted molar refractivity (Wildman–Crippen MR) is 81.9 cm³/mol. The monoisotopic (exact) mass is 292 g/mol. The molecule has 6 nitrogen and oxygen atoms in total. The maximum absolute atomic E-state index is 10.1. The molecule has 0 fully saturated rings. The molecule has 0 saturated heterocycles. The van der Waals surface area contributed by atoms with Crippen LogP contribution in [0.3, 0.4) is 0 Å². The van der Waals surface area contributed by atoms with Gasteiger partial charge in [-0.2, -0.15) is 5.10 Å². The van der Waals surface area contributed by atoms with Crippen LogP contribution in [-0.4, -0.2) is 23.4 Å². The summed E-state index contributed by atoms with van der Waals surface area (Å²) in [6.45, 7) is 3.67. The average molecular weight is 292 g/mol. The van der Waals surface area contributed by atoms with Crippen LogP contribution in [0.2, 0.25) is 0 Å². The molecule has 0 aliphatic heterocycles. The first-order valence-electron chi connectivity index (χ1n) is 5.90. The van der Waals surface area contributed by atoms with E-state index >= 15 is 0 Å². The minimum Gasteiger partial charge on any atom is -0.507 e. The molecule has 0 radical (unpaired) electrons. The summed E-state index contributed by atoms with van der Waals surface area (Å²) in [6, 6.07) is 1.79. The van der Waals surface area contributed by atoms with Crippen LogP contribution in [0.5, 0.6) is 11.5 Å². The fraction of sp³-hybridized carbons (Fsp3) is 0.231. The van der Waals surface area contributed by atoms with Gasteiger partial charge in [0.15, 0.2) is 0 Å². The van der Waals surface area contributed by atoms with Gasteiger partial charge in [-0.05, 0) is 25.5 Å². The van der Waals surface area contributed by atoms with Crippen LogP contribution in [0.1, 0.15) is 16.7 Å². The van der Waals surface area contributed by atoms with Gasteiger partial charge in [0.05, 0.1) is 13.3 Å². The van der Waals surface area contributed by atoms with Gasteiger partial charge in [0, 0.05) is 16.5 Å². The van der Waals surface area contributed by atoms with Crippen molar-refractivity contribution >= 4 is 28.5 Å². The minimum absolute atomic E-state index is 0.188. The normalized spacial score (nSPS) is 10.9. The number of thiazole rings is 1. The first kappa shape index (κ1) is 14.1. The van der Waals surface area contributed by atoms with E-state index in [9.17, 15) is 5.11 Å². The van der Waals surface area contributed by atoms with Gasteiger partial charge in [0.25, 0.3) is 0 Å². The number of nitrogens with zero attached hydrogens (tertiary/aromatic N) is 2. The van der Waals surface area contributed by atoms with Crippen LogP contribution in [0, 0.1) is 13.8 Å². The first-order chi connectivity index (χ1) is 9.52. The van der Waals surface area contributed by atoms with Crippen LogP contribution in [0.15, 0.2) is 16.5 Å². The maximum atomic E-state index is 10.1. The summed E-state index contributed by atoms with van der Waals surface area (Å²) < 4.78 is 5.27. The molecule has 106 valence electrons. The van der Waals surface area contributed by atoms with Gasteiger partial charge < -0.3 is 15.6 Å². The highest BCUT2D eigenvalue weighted by Crippen LogP contribution is 2.31. The van der Waals surface area contributed by atoms with Gasteiger partial charge in [-0.3, -0.25) is 5.43 Å². The maximum Gasteiger partial charge on any atom is 0.205 e. The van der Waals surface area contributed by atoms with Gasteiger partial charge in [-0.25, -0.2) is 4.98 Å². The number of aromatic hydroxyl groups is 1. The highest BCUT2D eigenvalue weighted by atomic mass is 32.1. The lowest BCUT2D eigenvalue weighted by molar-refractivity contribution is 0.408. The predicted octanol–water partition coefficient (Wildman–Crippen LogP) is 2.50. The summed E-state index contributed by atoms with van der Waals surface area (Å²) in [5, 5.41) is 16.5. The summed E-state index contributed by atoms with van der Waals surface area (Å²) in [4.78, 5) is 4.02. The Balaban J connectivity index is 2.26. The number of nitrogen functional groups attached to an aromatic ring is 1. The molecule has 20 heavy (non-hydrogen) atoms. The van der Waals surface area contributed by atoms with E-state index in [4.69, 9.17) is 10.5 Å². The summed E-state index contributed by atoms with van der Waals surface area (Å²) in [5.41, 5.74) is 10.4. The van der Waals surface area contributed by atoms with Crippen LogP contribution in [-0.2, 0) is 0 Å². The molecule has 1 aromatic carbocycles. The third-order valence-corrected chi connectivity index (χ3v) is 3.61. The van der Waals surface area contributed by atoms with Crippen LogP contribution < -0.4 is 15.9 Å². The number of nitrogens with one attached hydrogen (secondary N) is 1. The Morgan fingerprint density at radius 1 is 1.50 bits per heavy atom. The van der Waals surface area contributed by atoms with E-state index in [0.717, 1.165) is 11.1 Å². The molecule has 7 heteroatoms. The van der Waals surface area contributed by atoms with Crippen molar-refractivity contribution in [1.82, 2.24) is 4.98 Å². The second-order valence-corrected chi connectivity index (χ2v) is 5.09. The zero-order chi connectivity index (χ0) is 14.7. The molecule has 0 bridgehead atoms. The van der Waals surface area contributed by atoms with Gasteiger partial charge >= 0.3 is 0 Å². The highest BCUT2D eigenvalue weighted by molar-refractivity contribution is 7.14. The SMILES string of the molecule is COc1cc(C)c(O)c(C=NNc2nc(N)cs2)c1C. The Hall–Kier alpha value is -2.28. The minimum atomic E-state index is 0.188. The van der Waals surface area contributed by atoms with Crippen molar-refractivity contribution in [2.45, 2.75) is 13.8 Å². The lowest BCUT2D eigenvalue weighted by Crippen LogP contribution is -1.98. The van der Waals surface area contributed by atoms with Gasteiger partial charge in [0.2, 0.25) is 5.13 Å². The number of hydrogen-bond donors (Lipinski definition) is 3. The Labute approximate surface area is 120 Å². The molecule has 1 heterocycles. The van der Waals surface area contributed by atoms with E-state index in [1.165, 1.54) is 17.6 Å². The second kappa shape index (κ2) is 5.79. The van der Waals surface area contributed by atoms with Gasteiger partial charge in [0.1, 0.15) is 17.3 Å². The van der Waals surface area contributed by atoms with Crippen molar-refractivity contribution < 1.29 is 9.84 Å². The number of hydrogen-bond acceptors (Lipinski definition) is 7. The van der Waals surface area contributed by atoms with Crippen molar-refractivity contribution in [3.63, 3.8) is 0 Å². The molecule has 0 atom stereocenters. The van der Waals surface area contributed by atoms with Crippen LogP contribution in [0.4, 0.5) is 10.9 Å². The summed E-state index contributed by atoms with van der Waals surface area (Å²) in [5.74, 6) is 1.34. The zero-order valence-corrected chi connectivity index (χ0v) is 12.3. The number of phenolic OH excluding ortho intramolecular Hbond substituents is 1. The fourth-order valence-corrected chi connectivity index (χ4v) is 2.30. The van der Waals surface area contributed by atoms with E-state index < -0.39 is 0 Å². The molecule has 0 saturated carbocycles. The molecule has 0 unspecified atom stereocenters. The Morgan fingerprint density at radius 3 is 2.85 bits per heavy atom. The van der Waals surface area contributed by atoms with Crippen LogP contribution >= 0.6 is 11.3 Å². The Morgan fingerprint density at radius 2 is 2.25 bits per heavy atom. The number of methoxy groups -OCH3 is 1. The Bertz CT molecular complexity index is 652. The lowest BCUT2D eigenvalue weighted by Gasteiger charge is -2.11. The fourth-order valence-electron chi connectivity index (χ4n) is 1.76. The van der Waals surface area contributed by atoms with E-state index in [1.54, 1.807) is 18.6 Å². The van der Waals surface area contributed by atoms with Crippen LogP contribution in [0.25, 0.3) is 0 Å². The summed E-state index contributed by atoms with van der Waals surface area (Å²) in [7, 11) is 1.59. The topological polar surface area (TPSA) is 92.8 Å². The first-order valence-corrected chi connectivity index (χ1v) is 6.78. The number of anilines is 2. The summed E-state index contributed by atoms with van der Waals surface area (Å²) >= 11 is 1.36. The second-order valence-electron chi connectivity index (χ2n) is 4.23. The zero-order valence-electron chi connectivity index (χ0n) is 11.5. The van der Waals surface area contributed by atoms with Crippen molar-refractivity contribution in [2.24, 2.45) is 5.10 Å². The number of rotatable bonds is 4. The molecular formula is C13H16N4O2S. The molecule has 4 N–H and O–H groups in total. The number of nitrogens with two attached hydrogens (primary N) is 1. The van der Waals surface area contributed by atoms with E-state index in [0.29, 0.717) is 22.3 Å². The number of hydrazone groups is 1. The number of benzene rings is 1. The molecule has 2 rings (SSSR count). The molecule has 0 aliphatic rings. The number of ether oxygens (including phenoxy) is 1. The summed E-state index contributed by atoms with van der Waals surface area (Å²) in [6.07, 6.45) is 1.54. The molecule has 0 aliphatic carbocycles. The molecule has 2 aromatic rings. The van der Waals surface area contributed by atoms with Crippen molar-refractivity contribution in [2.75, 3.05) is 18.3 Å². The smallest absolute Gasteiger partial charge is 0.205 e. The Kier molecular flexibility index (Phi) is 4.09. The average Bonchev–Trinajstić information content (AvgIpc) is 2.83. The van der Waals surface area contributed by atoms with Gasteiger partial charge in [-0.15, -0.1) is 11.3 Å². The number of aryl methyl sites for hydroxylation is 1. The lowest BCUT2D eigenvalue weighted by atomic mass is 10.0. The van der Waals surface area contributed by atoms with Crippen molar-refractivity contribution in [3.8, 4) is 11.5 Å². The number of phenols is 1. The quantitative estimate of drug-likeness (QED) is 0.594. The van der Waals surface area contributed by atoms with Crippen molar-refractivity contribution in [1.29, 1.82) is 0 Å². The molecular weight excluding hydrogens is 276 g/mol. The highest BCUT2D eigenvalue weighted by Gasteiger charge is 2.11. The molecule has 0 spiro atoms. The third kappa shape index (κ3) is 2.83. The third-order valence-electron chi connectivity index (χ3n) is 2.85. The number of aromatic nitrogens is 1. The van der Waals surface area contributed by atoms with Gasteiger partial charge in [-0.1, -0.05) is 0 Å². The largest absolute Gasteiger partial charge is 0.507 e. The molecule has 0 amide bonds. The molecule has 1 aromatic heterocycles. The van der Waals surface area contributed by atoms with E-state index in [1.807, 2.05) is 13.8 Å². The standard InChI is InChI=1S/C13H16N4O2S/c1-7-4-10(19-3)8(2)9(12(7)18)5-15-17-13-16-11(14)6-20-13/h4-6,18H,14H2,1-3H3,(H,16,17). The van der Waals surface area contributed by atoms with E-state index in [-0.39, 0.29) is 5.75 Å². The van der Waals surface area contributed by atoms with E-state index in [2.05, 4.69) is 15.5 Å². The van der Waals surface area contributed by atoms with Crippen molar-refractivity contribution in [3.05, 3.63) is 28.1 Å².